The number of benzene rings is 2. The Bertz CT molecular complexity index is 1120. The van der Waals surface area contributed by atoms with Crippen molar-refractivity contribution in [2.45, 2.75) is 20.8 Å². The molecular weight excluding hydrogens is 394 g/mol. The summed E-state index contributed by atoms with van der Waals surface area (Å²) in [6, 6.07) is 17.6. The van der Waals surface area contributed by atoms with Crippen LogP contribution < -0.4 is 21.2 Å². The second-order valence-corrected chi connectivity index (χ2v) is 6.87. The Morgan fingerprint density at radius 3 is 2.16 bits per heavy atom. The summed E-state index contributed by atoms with van der Waals surface area (Å²) in [4.78, 5) is 39.3. The molecule has 2 aromatic carbocycles. The lowest BCUT2D eigenvalue weighted by Crippen LogP contribution is -2.44. The standard InChI is InChI=1S/C23H25N5O3/c1-4-27(5-2)18-13-11-17(12-14-18)22(30)24-25-23(31)21-20(29)15-16(3)28(26-21)19-9-7-6-8-10-19/h6-15H,4-5H2,1-3H3,(H,24,30)(H,25,31). The topological polar surface area (TPSA) is 96.3 Å². The first-order valence-corrected chi connectivity index (χ1v) is 10.1. The van der Waals surface area contributed by atoms with Gasteiger partial charge in [0.25, 0.3) is 11.8 Å². The third-order valence-electron chi connectivity index (χ3n) is 4.87. The minimum Gasteiger partial charge on any atom is -0.372 e. The van der Waals surface area contributed by atoms with Crippen molar-refractivity contribution in [2.24, 2.45) is 0 Å². The number of nitrogens with one attached hydrogen (secondary N) is 2. The highest BCUT2D eigenvalue weighted by atomic mass is 16.2. The van der Waals surface area contributed by atoms with Gasteiger partial charge in [-0.25, -0.2) is 4.68 Å². The van der Waals surface area contributed by atoms with Crippen LogP contribution in [0.15, 0.2) is 65.5 Å². The van der Waals surface area contributed by atoms with Crippen LogP contribution in [0.4, 0.5) is 5.69 Å². The summed E-state index contributed by atoms with van der Waals surface area (Å²) >= 11 is 0. The van der Waals surface area contributed by atoms with Crippen LogP contribution in [0.5, 0.6) is 0 Å². The number of hydrogen-bond donors (Lipinski definition) is 2. The quantitative estimate of drug-likeness (QED) is 0.599. The van der Waals surface area contributed by atoms with Gasteiger partial charge in [0.05, 0.1) is 5.69 Å². The molecule has 3 aromatic rings. The number of hydrogen-bond acceptors (Lipinski definition) is 5. The Kier molecular flexibility index (Phi) is 6.81. The average molecular weight is 419 g/mol. The molecule has 0 saturated carbocycles. The lowest BCUT2D eigenvalue weighted by atomic mass is 10.2. The van der Waals surface area contributed by atoms with Gasteiger partial charge in [-0.05, 0) is 57.2 Å². The van der Waals surface area contributed by atoms with Crippen LogP contribution in [0, 0.1) is 6.92 Å². The van der Waals surface area contributed by atoms with Crippen molar-refractivity contribution < 1.29 is 9.59 Å². The van der Waals surface area contributed by atoms with E-state index in [2.05, 4.69) is 34.7 Å². The lowest BCUT2D eigenvalue weighted by molar-refractivity contribution is 0.0842. The Labute approximate surface area is 180 Å². The second-order valence-electron chi connectivity index (χ2n) is 6.87. The molecule has 0 aliphatic heterocycles. The van der Waals surface area contributed by atoms with Crippen LogP contribution in [-0.4, -0.2) is 34.7 Å². The summed E-state index contributed by atoms with van der Waals surface area (Å²) in [5.74, 6) is -1.28. The summed E-state index contributed by atoms with van der Waals surface area (Å²) in [5.41, 5.74) is 6.46. The van der Waals surface area contributed by atoms with Crippen LogP contribution in [0.25, 0.3) is 5.69 Å². The van der Waals surface area contributed by atoms with Gasteiger partial charge in [-0.1, -0.05) is 18.2 Å². The summed E-state index contributed by atoms with van der Waals surface area (Å²) in [5, 5.41) is 4.18. The number of anilines is 1. The molecule has 1 aromatic heterocycles. The van der Waals surface area contributed by atoms with Crippen molar-refractivity contribution in [3.63, 3.8) is 0 Å². The van der Waals surface area contributed by atoms with Crippen LogP contribution in [0.2, 0.25) is 0 Å². The Balaban J connectivity index is 1.72. The highest BCUT2D eigenvalue weighted by molar-refractivity contribution is 5.98. The van der Waals surface area contributed by atoms with Gasteiger partial charge >= 0.3 is 0 Å². The number of nitrogens with zero attached hydrogens (tertiary/aromatic N) is 3. The fourth-order valence-corrected chi connectivity index (χ4v) is 3.19. The first-order valence-electron chi connectivity index (χ1n) is 10.1. The zero-order chi connectivity index (χ0) is 22.4. The zero-order valence-electron chi connectivity index (χ0n) is 17.8. The summed E-state index contributed by atoms with van der Waals surface area (Å²) in [7, 11) is 0. The molecule has 0 radical (unpaired) electrons. The molecule has 1 heterocycles. The fourth-order valence-electron chi connectivity index (χ4n) is 3.19. The summed E-state index contributed by atoms with van der Waals surface area (Å²) in [6.07, 6.45) is 0. The van der Waals surface area contributed by atoms with Gasteiger partial charge in [-0.15, -0.1) is 0 Å². The second kappa shape index (κ2) is 9.71. The predicted molar refractivity (Wildman–Crippen MR) is 120 cm³/mol. The monoisotopic (exact) mass is 419 g/mol. The Hall–Kier alpha value is -3.94. The molecule has 0 spiro atoms. The maximum Gasteiger partial charge on any atom is 0.294 e. The first-order chi connectivity index (χ1) is 14.9. The number of hydrazine groups is 1. The first kappa shape index (κ1) is 21.8. The molecule has 31 heavy (non-hydrogen) atoms. The highest BCUT2D eigenvalue weighted by Crippen LogP contribution is 2.14. The van der Waals surface area contributed by atoms with Crippen molar-refractivity contribution in [2.75, 3.05) is 18.0 Å². The fraction of sp³-hybridized carbons (Fsp3) is 0.217. The molecule has 2 amide bonds. The van der Waals surface area contributed by atoms with Crippen molar-refractivity contribution in [3.8, 4) is 5.69 Å². The van der Waals surface area contributed by atoms with Crippen LogP contribution in [-0.2, 0) is 0 Å². The smallest absolute Gasteiger partial charge is 0.294 e. The van der Waals surface area contributed by atoms with Crippen LogP contribution in [0.3, 0.4) is 0 Å². The number of para-hydroxylation sites is 1. The van der Waals surface area contributed by atoms with Crippen molar-refractivity contribution in [1.82, 2.24) is 20.6 Å². The van der Waals surface area contributed by atoms with Gasteiger partial charge in [0.2, 0.25) is 5.43 Å². The largest absolute Gasteiger partial charge is 0.372 e. The van der Waals surface area contributed by atoms with E-state index in [1.807, 2.05) is 42.5 Å². The van der Waals surface area contributed by atoms with Gasteiger partial charge < -0.3 is 4.90 Å². The molecule has 0 unspecified atom stereocenters. The van der Waals surface area contributed by atoms with E-state index in [9.17, 15) is 14.4 Å². The normalized spacial score (nSPS) is 10.4. The van der Waals surface area contributed by atoms with E-state index >= 15 is 0 Å². The van der Waals surface area contributed by atoms with Crippen LogP contribution >= 0.6 is 0 Å². The molecule has 0 fully saturated rings. The third-order valence-corrected chi connectivity index (χ3v) is 4.87. The minimum atomic E-state index is -0.789. The molecule has 8 heteroatoms. The van der Waals surface area contributed by atoms with Crippen molar-refractivity contribution >= 4 is 17.5 Å². The van der Waals surface area contributed by atoms with E-state index in [1.165, 1.54) is 10.7 Å². The Morgan fingerprint density at radius 1 is 0.935 bits per heavy atom. The van der Waals surface area contributed by atoms with E-state index in [-0.39, 0.29) is 5.69 Å². The highest BCUT2D eigenvalue weighted by Gasteiger charge is 2.16. The zero-order valence-corrected chi connectivity index (χ0v) is 17.8. The lowest BCUT2D eigenvalue weighted by Gasteiger charge is -2.21. The van der Waals surface area contributed by atoms with Gasteiger partial charge in [0, 0.05) is 36.1 Å². The maximum atomic E-state index is 12.5. The van der Waals surface area contributed by atoms with E-state index in [1.54, 1.807) is 19.1 Å². The van der Waals surface area contributed by atoms with E-state index in [0.717, 1.165) is 18.8 Å². The number of carbonyl (C=O) groups is 2. The molecule has 160 valence electrons. The average Bonchev–Trinajstić information content (AvgIpc) is 2.79. The van der Waals surface area contributed by atoms with Gasteiger partial charge in [-0.3, -0.25) is 25.2 Å². The predicted octanol–water partition coefficient (Wildman–Crippen LogP) is 2.46. The Morgan fingerprint density at radius 2 is 1.55 bits per heavy atom. The molecule has 0 aliphatic rings. The van der Waals surface area contributed by atoms with E-state index in [4.69, 9.17) is 0 Å². The molecule has 8 nitrogen and oxygen atoms in total. The van der Waals surface area contributed by atoms with Gasteiger partial charge in [-0.2, -0.15) is 5.10 Å². The summed E-state index contributed by atoms with van der Waals surface area (Å²) in [6.45, 7) is 7.58. The molecule has 0 aliphatic carbocycles. The molecule has 0 atom stereocenters. The number of aromatic nitrogens is 2. The van der Waals surface area contributed by atoms with Gasteiger partial charge in [0.15, 0.2) is 5.69 Å². The third kappa shape index (κ3) is 4.98. The minimum absolute atomic E-state index is 0.313. The van der Waals surface area contributed by atoms with E-state index in [0.29, 0.717) is 16.9 Å². The molecular formula is C23H25N5O3. The van der Waals surface area contributed by atoms with Crippen molar-refractivity contribution in [3.05, 3.63) is 87.8 Å². The molecule has 0 bridgehead atoms. The number of rotatable bonds is 6. The number of amides is 2. The van der Waals surface area contributed by atoms with Crippen molar-refractivity contribution in [1.29, 1.82) is 0 Å². The maximum absolute atomic E-state index is 12.5. The van der Waals surface area contributed by atoms with E-state index < -0.39 is 17.2 Å². The number of carbonyl (C=O) groups excluding carboxylic acids is 2. The molecule has 3 rings (SSSR count). The SMILES string of the molecule is CCN(CC)c1ccc(C(=O)NNC(=O)c2nn(-c3ccccc3)c(C)cc2=O)cc1. The van der Waals surface area contributed by atoms with Gasteiger partial charge in [0.1, 0.15) is 0 Å². The number of aryl methyl sites for hydroxylation is 1. The summed E-state index contributed by atoms with van der Waals surface area (Å²) < 4.78 is 1.50. The van der Waals surface area contributed by atoms with Crippen LogP contribution in [0.1, 0.15) is 40.4 Å². The molecule has 2 N–H and O–H groups in total. The molecule has 0 saturated heterocycles.